The first-order valence-corrected chi connectivity index (χ1v) is 7.54. The van der Waals surface area contributed by atoms with Crippen LogP contribution in [-0.2, 0) is 4.79 Å². The highest BCUT2D eigenvalue weighted by Crippen LogP contribution is 2.20. The molecule has 0 saturated carbocycles. The van der Waals surface area contributed by atoms with Gasteiger partial charge in [0.15, 0.2) is 0 Å². The summed E-state index contributed by atoms with van der Waals surface area (Å²) in [6.45, 7) is 3.35. The van der Waals surface area contributed by atoms with Gasteiger partial charge in [-0.25, -0.2) is 0 Å². The lowest BCUT2D eigenvalue weighted by Gasteiger charge is -2.21. The van der Waals surface area contributed by atoms with Gasteiger partial charge in [0.25, 0.3) is 0 Å². The molecule has 116 valence electrons. The standard InChI is InChI=1S/C16H25N3O2/c1-19(2)10-11-21-15-5-3-4-14(12-15)18-16(20)13-6-8-17-9-7-13/h3-5,12-13,17H,6-11H2,1-2H3,(H,18,20). The number of likely N-dealkylation sites (N-methyl/N-ethyl adjacent to an activating group) is 1. The largest absolute Gasteiger partial charge is 0.492 e. The zero-order valence-corrected chi connectivity index (χ0v) is 12.9. The lowest BCUT2D eigenvalue weighted by molar-refractivity contribution is -0.120. The summed E-state index contributed by atoms with van der Waals surface area (Å²) in [6.07, 6.45) is 1.82. The van der Waals surface area contributed by atoms with Crippen LogP contribution in [0.15, 0.2) is 24.3 Å². The molecule has 0 radical (unpaired) electrons. The summed E-state index contributed by atoms with van der Waals surface area (Å²) < 4.78 is 5.68. The molecule has 0 bridgehead atoms. The minimum Gasteiger partial charge on any atom is -0.492 e. The minimum absolute atomic E-state index is 0.113. The van der Waals surface area contributed by atoms with Gasteiger partial charge < -0.3 is 20.3 Å². The van der Waals surface area contributed by atoms with E-state index in [1.165, 1.54) is 0 Å². The van der Waals surface area contributed by atoms with Crippen molar-refractivity contribution >= 4 is 11.6 Å². The molecular weight excluding hydrogens is 266 g/mol. The van der Waals surface area contributed by atoms with Crippen LogP contribution >= 0.6 is 0 Å². The number of carbonyl (C=O) groups is 1. The number of nitrogens with one attached hydrogen (secondary N) is 2. The molecule has 1 heterocycles. The van der Waals surface area contributed by atoms with Gasteiger partial charge in [0.05, 0.1) is 0 Å². The molecule has 0 aliphatic carbocycles. The Morgan fingerprint density at radius 3 is 2.86 bits per heavy atom. The number of amides is 1. The number of anilines is 1. The summed E-state index contributed by atoms with van der Waals surface area (Å²) in [7, 11) is 4.03. The highest BCUT2D eigenvalue weighted by molar-refractivity contribution is 5.92. The van der Waals surface area contributed by atoms with Gasteiger partial charge in [0.1, 0.15) is 12.4 Å². The number of benzene rings is 1. The first-order chi connectivity index (χ1) is 10.1. The van der Waals surface area contributed by atoms with Gasteiger partial charge in [0, 0.05) is 24.2 Å². The fraction of sp³-hybridized carbons (Fsp3) is 0.562. The number of nitrogens with zero attached hydrogens (tertiary/aromatic N) is 1. The first kappa shape index (κ1) is 15.8. The van der Waals surface area contributed by atoms with E-state index in [2.05, 4.69) is 15.5 Å². The molecule has 5 nitrogen and oxygen atoms in total. The van der Waals surface area contributed by atoms with E-state index in [1.54, 1.807) is 0 Å². The molecule has 1 saturated heterocycles. The number of piperidine rings is 1. The topological polar surface area (TPSA) is 53.6 Å². The van der Waals surface area contributed by atoms with Crippen LogP contribution in [-0.4, -0.2) is 51.1 Å². The Balaban J connectivity index is 1.86. The first-order valence-electron chi connectivity index (χ1n) is 7.54. The Morgan fingerprint density at radius 1 is 1.38 bits per heavy atom. The summed E-state index contributed by atoms with van der Waals surface area (Å²) in [5.41, 5.74) is 0.806. The van der Waals surface area contributed by atoms with Crippen LogP contribution in [0.4, 0.5) is 5.69 Å². The molecule has 1 aromatic carbocycles. The Labute approximate surface area is 126 Å². The second-order valence-corrected chi connectivity index (χ2v) is 5.69. The number of carbonyl (C=O) groups excluding carboxylic acids is 1. The van der Waals surface area contributed by atoms with E-state index in [4.69, 9.17) is 4.74 Å². The zero-order chi connectivity index (χ0) is 15.1. The predicted octanol–water partition coefficient (Wildman–Crippen LogP) is 1.57. The molecule has 2 rings (SSSR count). The minimum atomic E-state index is 0.113. The number of hydrogen-bond donors (Lipinski definition) is 2. The fourth-order valence-corrected chi connectivity index (χ4v) is 2.34. The Bertz CT molecular complexity index is 457. The smallest absolute Gasteiger partial charge is 0.227 e. The molecule has 0 aromatic heterocycles. The molecule has 1 amide bonds. The average molecular weight is 291 g/mol. The number of rotatable bonds is 6. The SMILES string of the molecule is CN(C)CCOc1cccc(NC(=O)C2CCNCC2)c1. The second-order valence-electron chi connectivity index (χ2n) is 5.69. The normalized spacial score (nSPS) is 16.0. The van der Waals surface area contributed by atoms with Crippen molar-refractivity contribution in [1.29, 1.82) is 0 Å². The Morgan fingerprint density at radius 2 is 2.14 bits per heavy atom. The molecule has 0 atom stereocenters. The highest BCUT2D eigenvalue weighted by Gasteiger charge is 2.20. The second kappa shape index (κ2) is 8.00. The molecule has 1 aliphatic heterocycles. The van der Waals surface area contributed by atoms with Gasteiger partial charge in [-0.15, -0.1) is 0 Å². The van der Waals surface area contributed by atoms with Crippen LogP contribution in [0, 0.1) is 5.92 Å². The maximum absolute atomic E-state index is 12.2. The summed E-state index contributed by atoms with van der Waals surface area (Å²) in [5, 5.41) is 6.26. The van der Waals surface area contributed by atoms with Crippen molar-refractivity contribution < 1.29 is 9.53 Å². The molecule has 2 N–H and O–H groups in total. The van der Waals surface area contributed by atoms with Crippen LogP contribution in [0.5, 0.6) is 5.75 Å². The van der Waals surface area contributed by atoms with E-state index in [1.807, 2.05) is 38.4 Å². The van der Waals surface area contributed by atoms with Crippen LogP contribution < -0.4 is 15.4 Å². The highest BCUT2D eigenvalue weighted by atomic mass is 16.5. The van der Waals surface area contributed by atoms with Gasteiger partial charge in [-0.3, -0.25) is 4.79 Å². The summed E-state index contributed by atoms with van der Waals surface area (Å²) in [4.78, 5) is 14.3. The summed E-state index contributed by atoms with van der Waals surface area (Å²) >= 11 is 0. The van der Waals surface area contributed by atoms with Crippen LogP contribution in [0.1, 0.15) is 12.8 Å². The Hall–Kier alpha value is -1.59. The van der Waals surface area contributed by atoms with E-state index >= 15 is 0 Å². The third-order valence-electron chi connectivity index (χ3n) is 3.62. The van der Waals surface area contributed by atoms with Gasteiger partial charge in [-0.1, -0.05) is 6.07 Å². The molecule has 1 aliphatic rings. The molecule has 1 aromatic rings. The van der Waals surface area contributed by atoms with E-state index in [0.717, 1.165) is 43.9 Å². The van der Waals surface area contributed by atoms with Crippen molar-refractivity contribution in [2.24, 2.45) is 5.92 Å². The molecule has 0 unspecified atom stereocenters. The van der Waals surface area contributed by atoms with Crippen LogP contribution in [0.2, 0.25) is 0 Å². The fourth-order valence-electron chi connectivity index (χ4n) is 2.34. The molecule has 1 fully saturated rings. The lowest BCUT2D eigenvalue weighted by Crippen LogP contribution is -2.34. The van der Waals surface area contributed by atoms with E-state index < -0.39 is 0 Å². The van der Waals surface area contributed by atoms with E-state index in [0.29, 0.717) is 6.61 Å². The molecule has 0 spiro atoms. The third kappa shape index (κ3) is 5.36. The quantitative estimate of drug-likeness (QED) is 0.835. The molecule has 21 heavy (non-hydrogen) atoms. The van der Waals surface area contributed by atoms with E-state index in [-0.39, 0.29) is 11.8 Å². The van der Waals surface area contributed by atoms with Crippen molar-refractivity contribution in [3.05, 3.63) is 24.3 Å². The lowest BCUT2D eigenvalue weighted by atomic mass is 9.97. The van der Waals surface area contributed by atoms with Crippen molar-refractivity contribution in [2.45, 2.75) is 12.8 Å². The van der Waals surface area contributed by atoms with Crippen LogP contribution in [0.25, 0.3) is 0 Å². The number of hydrogen-bond acceptors (Lipinski definition) is 4. The molecule has 5 heteroatoms. The van der Waals surface area contributed by atoms with Crippen molar-refractivity contribution in [3.63, 3.8) is 0 Å². The summed E-state index contributed by atoms with van der Waals surface area (Å²) in [6, 6.07) is 7.60. The van der Waals surface area contributed by atoms with Gasteiger partial charge in [0.2, 0.25) is 5.91 Å². The molecular formula is C16H25N3O2. The zero-order valence-electron chi connectivity index (χ0n) is 12.9. The average Bonchev–Trinajstić information content (AvgIpc) is 2.48. The van der Waals surface area contributed by atoms with Gasteiger partial charge in [-0.2, -0.15) is 0 Å². The van der Waals surface area contributed by atoms with Crippen molar-refractivity contribution in [3.8, 4) is 5.75 Å². The van der Waals surface area contributed by atoms with Gasteiger partial charge >= 0.3 is 0 Å². The number of ether oxygens (including phenoxy) is 1. The maximum atomic E-state index is 12.2. The van der Waals surface area contributed by atoms with E-state index in [9.17, 15) is 4.79 Å². The van der Waals surface area contributed by atoms with Gasteiger partial charge in [-0.05, 0) is 52.2 Å². The van der Waals surface area contributed by atoms with Crippen molar-refractivity contribution in [2.75, 3.05) is 45.7 Å². The third-order valence-corrected chi connectivity index (χ3v) is 3.62. The summed E-state index contributed by atoms with van der Waals surface area (Å²) in [5.74, 6) is 1.02. The Kier molecular flexibility index (Phi) is 6.02. The van der Waals surface area contributed by atoms with Crippen molar-refractivity contribution in [1.82, 2.24) is 10.2 Å². The predicted molar refractivity (Wildman–Crippen MR) is 84.7 cm³/mol. The van der Waals surface area contributed by atoms with Crippen LogP contribution in [0.3, 0.4) is 0 Å². The monoisotopic (exact) mass is 291 g/mol. The maximum Gasteiger partial charge on any atom is 0.227 e.